The van der Waals surface area contributed by atoms with Crippen LogP contribution in [0.1, 0.15) is 55.8 Å². The predicted molar refractivity (Wildman–Crippen MR) is 141 cm³/mol. The van der Waals surface area contributed by atoms with Crippen LogP contribution in [0.4, 0.5) is 19.0 Å². The number of hydrogen-bond donors (Lipinski definition) is 1. The second-order valence-corrected chi connectivity index (χ2v) is 11.2. The number of ether oxygens (including phenoxy) is 1. The summed E-state index contributed by atoms with van der Waals surface area (Å²) in [5.41, 5.74) is 0.313. The van der Waals surface area contributed by atoms with Gasteiger partial charge in [0.2, 0.25) is 5.88 Å². The van der Waals surface area contributed by atoms with Crippen LogP contribution in [-0.2, 0) is 16.2 Å². The van der Waals surface area contributed by atoms with Crippen molar-refractivity contribution >= 4 is 15.8 Å². The van der Waals surface area contributed by atoms with E-state index in [1.807, 2.05) is 13.8 Å². The van der Waals surface area contributed by atoms with Crippen LogP contribution < -0.4 is 9.46 Å². The molecular weight excluding hydrogens is 531 g/mol. The molecule has 0 aliphatic heterocycles. The van der Waals surface area contributed by atoms with Crippen LogP contribution in [0.25, 0.3) is 0 Å². The van der Waals surface area contributed by atoms with Gasteiger partial charge in [0.05, 0.1) is 11.3 Å². The number of anilines is 1. The Morgan fingerprint density at radius 2 is 1.87 bits per heavy atom. The van der Waals surface area contributed by atoms with Crippen LogP contribution in [0.5, 0.6) is 5.88 Å². The second-order valence-electron chi connectivity index (χ2n) is 9.51. The summed E-state index contributed by atoms with van der Waals surface area (Å²) in [6.45, 7) is 7.19. The Hall–Kier alpha value is -3.25. The van der Waals surface area contributed by atoms with Crippen molar-refractivity contribution in [2.24, 2.45) is 0 Å². The lowest BCUT2D eigenvalue weighted by molar-refractivity contribution is -0.137. The van der Waals surface area contributed by atoms with E-state index in [9.17, 15) is 21.6 Å². The zero-order valence-corrected chi connectivity index (χ0v) is 22.8. The highest BCUT2D eigenvalue weighted by atomic mass is 32.2. The molecule has 0 bridgehead atoms. The SMILES string of the molecule is CCN(CC)[C@H]1C[C@@H](c2cccc(C(F)(F)F)c2)CCC1Oc1ccc(S(=O)(=O)Nc2ccncn2)c(C)n1. The van der Waals surface area contributed by atoms with E-state index in [4.69, 9.17) is 4.74 Å². The molecule has 8 nitrogen and oxygen atoms in total. The van der Waals surface area contributed by atoms with E-state index in [0.29, 0.717) is 30.7 Å². The molecule has 3 atom stereocenters. The second kappa shape index (κ2) is 11.9. The van der Waals surface area contributed by atoms with E-state index < -0.39 is 21.8 Å². The fourth-order valence-corrected chi connectivity index (χ4v) is 6.37. The van der Waals surface area contributed by atoms with Gasteiger partial charge in [-0.05, 0) is 69.0 Å². The average molecular weight is 564 g/mol. The van der Waals surface area contributed by atoms with E-state index in [2.05, 4.69) is 24.6 Å². The fourth-order valence-electron chi connectivity index (χ4n) is 5.18. The molecule has 0 saturated heterocycles. The molecule has 1 fully saturated rings. The van der Waals surface area contributed by atoms with Gasteiger partial charge in [-0.25, -0.2) is 23.4 Å². The Balaban J connectivity index is 1.53. The molecule has 210 valence electrons. The normalized spacial score (nSPS) is 20.1. The van der Waals surface area contributed by atoms with Crippen molar-refractivity contribution in [1.29, 1.82) is 0 Å². The molecule has 0 radical (unpaired) electrons. The van der Waals surface area contributed by atoms with Gasteiger partial charge in [-0.3, -0.25) is 9.62 Å². The molecule has 1 N–H and O–H groups in total. The molecule has 2 aromatic heterocycles. The number of rotatable bonds is 9. The highest BCUT2D eigenvalue weighted by Crippen LogP contribution is 2.39. The van der Waals surface area contributed by atoms with Gasteiger partial charge in [-0.15, -0.1) is 0 Å². The van der Waals surface area contributed by atoms with Gasteiger partial charge in [0.25, 0.3) is 10.0 Å². The lowest BCUT2D eigenvalue weighted by Crippen LogP contribution is -2.49. The van der Waals surface area contributed by atoms with Crippen molar-refractivity contribution in [3.8, 4) is 5.88 Å². The summed E-state index contributed by atoms with van der Waals surface area (Å²) in [5.74, 6) is 0.408. The smallest absolute Gasteiger partial charge is 0.416 e. The maximum Gasteiger partial charge on any atom is 0.416 e. The number of halogens is 3. The van der Waals surface area contributed by atoms with Crippen molar-refractivity contribution in [3.63, 3.8) is 0 Å². The summed E-state index contributed by atoms with van der Waals surface area (Å²) < 4.78 is 74.4. The number of nitrogens with zero attached hydrogens (tertiary/aromatic N) is 4. The minimum atomic E-state index is -4.39. The third-order valence-electron chi connectivity index (χ3n) is 7.12. The fraction of sp³-hybridized carbons (Fsp3) is 0.444. The highest BCUT2D eigenvalue weighted by molar-refractivity contribution is 7.92. The van der Waals surface area contributed by atoms with Gasteiger partial charge in [-0.2, -0.15) is 13.2 Å². The quantitative estimate of drug-likeness (QED) is 0.371. The summed E-state index contributed by atoms with van der Waals surface area (Å²) in [6, 6.07) is 9.96. The lowest BCUT2D eigenvalue weighted by Gasteiger charge is -2.42. The van der Waals surface area contributed by atoms with Crippen molar-refractivity contribution < 1.29 is 26.3 Å². The molecule has 1 saturated carbocycles. The maximum atomic E-state index is 13.3. The number of aromatic nitrogens is 3. The van der Waals surface area contributed by atoms with Crippen molar-refractivity contribution in [1.82, 2.24) is 19.9 Å². The highest BCUT2D eigenvalue weighted by Gasteiger charge is 2.37. The number of aryl methyl sites for hydroxylation is 1. The number of likely N-dealkylation sites (N-methyl/N-ethyl adjacent to an activating group) is 1. The summed E-state index contributed by atoms with van der Waals surface area (Å²) in [6.07, 6.45) is -0.0322. The molecule has 12 heteroatoms. The number of benzene rings is 1. The Morgan fingerprint density at radius 1 is 1.10 bits per heavy atom. The van der Waals surface area contributed by atoms with E-state index in [1.54, 1.807) is 13.0 Å². The first-order valence-corrected chi connectivity index (χ1v) is 14.3. The van der Waals surface area contributed by atoms with Gasteiger partial charge < -0.3 is 4.74 Å². The maximum absolute atomic E-state index is 13.3. The molecule has 3 aromatic rings. The van der Waals surface area contributed by atoms with Crippen molar-refractivity contribution in [2.75, 3.05) is 17.8 Å². The van der Waals surface area contributed by atoms with Gasteiger partial charge >= 0.3 is 6.18 Å². The topological polar surface area (TPSA) is 97.3 Å². The number of alkyl halides is 3. The Morgan fingerprint density at radius 3 is 2.51 bits per heavy atom. The van der Waals surface area contributed by atoms with Crippen molar-refractivity contribution in [3.05, 3.63) is 71.8 Å². The van der Waals surface area contributed by atoms with Gasteiger partial charge in [0, 0.05) is 18.3 Å². The molecule has 2 heterocycles. The Kier molecular flexibility index (Phi) is 8.75. The van der Waals surface area contributed by atoms with E-state index in [-0.39, 0.29) is 34.5 Å². The molecule has 1 aliphatic carbocycles. The van der Waals surface area contributed by atoms with Crippen LogP contribution in [0.3, 0.4) is 0 Å². The van der Waals surface area contributed by atoms with Crippen LogP contribution >= 0.6 is 0 Å². The van der Waals surface area contributed by atoms with Gasteiger partial charge in [0.15, 0.2) is 0 Å². The molecule has 1 unspecified atom stereocenters. The number of hydrogen-bond acceptors (Lipinski definition) is 7. The molecule has 1 aliphatic rings. The van der Waals surface area contributed by atoms with Crippen molar-refractivity contribution in [2.45, 2.75) is 69.2 Å². The third kappa shape index (κ3) is 6.85. The van der Waals surface area contributed by atoms with Crippen LogP contribution in [0.15, 0.2) is 59.9 Å². The first-order valence-electron chi connectivity index (χ1n) is 12.9. The van der Waals surface area contributed by atoms with E-state index in [1.165, 1.54) is 42.9 Å². The van der Waals surface area contributed by atoms with Gasteiger partial charge in [0.1, 0.15) is 23.1 Å². The molecule has 4 rings (SSSR count). The lowest BCUT2D eigenvalue weighted by atomic mass is 9.78. The molecule has 0 spiro atoms. The number of pyridine rings is 1. The largest absolute Gasteiger partial charge is 0.473 e. The number of nitrogens with one attached hydrogen (secondary N) is 1. The third-order valence-corrected chi connectivity index (χ3v) is 8.60. The Labute approximate surface area is 226 Å². The molecular formula is C27H32F3N5O3S. The minimum absolute atomic E-state index is 0.00186. The standard InChI is InChI=1S/C27H32F3N5O3S/c1-4-35(5-2)22-16-20(19-7-6-8-21(15-19)27(28,29)30)9-10-23(22)38-26-12-11-24(18(3)33-26)39(36,37)34-25-13-14-31-17-32-25/h6-8,11-15,17,20,22-23H,4-5,9-10,16H2,1-3H3,(H,31,32,34)/t20-,22-,23?/m0/s1. The summed E-state index contributed by atoms with van der Waals surface area (Å²) in [5, 5.41) is 0. The summed E-state index contributed by atoms with van der Waals surface area (Å²) >= 11 is 0. The average Bonchev–Trinajstić information content (AvgIpc) is 2.90. The van der Waals surface area contributed by atoms with Crippen LogP contribution in [0.2, 0.25) is 0 Å². The zero-order valence-electron chi connectivity index (χ0n) is 22.0. The van der Waals surface area contributed by atoms with E-state index in [0.717, 1.165) is 19.2 Å². The molecule has 0 amide bonds. The monoisotopic (exact) mass is 563 g/mol. The summed E-state index contributed by atoms with van der Waals surface area (Å²) in [7, 11) is -3.92. The van der Waals surface area contributed by atoms with Crippen LogP contribution in [0, 0.1) is 6.92 Å². The van der Waals surface area contributed by atoms with Gasteiger partial charge in [-0.1, -0.05) is 32.0 Å². The minimum Gasteiger partial charge on any atom is -0.473 e. The first kappa shape index (κ1) is 28.8. The zero-order chi connectivity index (χ0) is 28.2. The summed E-state index contributed by atoms with van der Waals surface area (Å²) in [4.78, 5) is 14.3. The molecule has 1 aromatic carbocycles. The van der Waals surface area contributed by atoms with E-state index >= 15 is 0 Å². The van der Waals surface area contributed by atoms with Crippen LogP contribution in [-0.4, -0.2) is 53.5 Å². The number of sulfonamides is 1. The molecule has 39 heavy (non-hydrogen) atoms. The predicted octanol–water partition coefficient (Wildman–Crippen LogP) is 5.43. The Bertz CT molecular complexity index is 1370. The first-order chi connectivity index (χ1) is 18.5.